The molecular formula is C25H40O. The smallest absolute Gasteiger partial charge is 0.0934 e. The predicted molar refractivity (Wildman–Crippen MR) is 111 cm³/mol. The van der Waals surface area contributed by atoms with Crippen LogP contribution in [0.5, 0.6) is 0 Å². The Morgan fingerprint density at radius 2 is 2.00 bits per heavy atom. The van der Waals surface area contributed by atoms with E-state index in [0.717, 1.165) is 24.2 Å². The van der Waals surface area contributed by atoms with Crippen LogP contribution >= 0.6 is 0 Å². The Bertz CT molecular complexity index is 594. The van der Waals surface area contributed by atoms with Crippen molar-refractivity contribution in [1.29, 1.82) is 0 Å². The molecule has 1 aromatic rings. The third-order valence-electron chi connectivity index (χ3n) is 8.01. The van der Waals surface area contributed by atoms with E-state index in [1.807, 2.05) is 11.8 Å². The van der Waals surface area contributed by atoms with Crippen LogP contribution in [-0.4, -0.2) is 0 Å². The summed E-state index contributed by atoms with van der Waals surface area (Å²) in [5.41, 5.74) is 4.11. The Hall–Kier alpha value is -0.980. The molecule has 1 saturated carbocycles. The van der Waals surface area contributed by atoms with Crippen molar-refractivity contribution in [3.8, 4) is 0 Å². The SMILES string of the molecule is CC(CCCc1ccoc1)CCC1(C)C2=CCCC(C)(C)C2CCC1C. The van der Waals surface area contributed by atoms with Gasteiger partial charge in [0.2, 0.25) is 0 Å². The van der Waals surface area contributed by atoms with Gasteiger partial charge in [0, 0.05) is 0 Å². The molecule has 0 radical (unpaired) electrons. The van der Waals surface area contributed by atoms with Gasteiger partial charge in [-0.05, 0) is 91.6 Å². The molecule has 4 atom stereocenters. The number of fused-ring (bicyclic) bond motifs is 1. The van der Waals surface area contributed by atoms with Crippen LogP contribution in [0.2, 0.25) is 0 Å². The summed E-state index contributed by atoms with van der Waals surface area (Å²) in [6.45, 7) is 12.6. The van der Waals surface area contributed by atoms with E-state index in [0.29, 0.717) is 10.8 Å². The minimum Gasteiger partial charge on any atom is -0.472 e. The first kappa shape index (κ1) is 19.8. The van der Waals surface area contributed by atoms with Crippen molar-refractivity contribution in [3.05, 3.63) is 35.8 Å². The van der Waals surface area contributed by atoms with Gasteiger partial charge in [-0.25, -0.2) is 0 Å². The van der Waals surface area contributed by atoms with E-state index in [9.17, 15) is 0 Å². The van der Waals surface area contributed by atoms with Crippen LogP contribution in [0, 0.1) is 28.6 Å². The summed E-state index contributed by atoms with van der Waals surface area (Å²) in [5.74, 6) is 2.48. The Morgan fingerprint density at radius 3 is 2.73 bits per heavy atom. The number of hydrogen-bond donors (Lipinski definition) is 0. The van der Waals surface area contributed by atoms with Crippen molar-refractivity contribution >= 4 is 0 Å². The molecule has 0 aromatic carbocycles. The van der Waals surface area contributed by atoms with Crippen molar-refractivity contribution in [3.63, 3.8) is 0 Å². The summed E-state index contributed by atoms with van der Waals surface area (Å²) in [6.07, 6.45) is 18.4. The van der Waals surface area contributed by atoms with Gasteiger partial charge in [-0.2, -0.15) is 0 Å². The van der Waals surface area contributed by atoms with Gasteiger partial charge in [-0.1, -0.05) is 52.7 Å². The quantitative estimate of drug-likeness (QED) is 0.454. The maximum absolute atomic E-state index is 5.18. The Morgan fingerprint density at radius 1 is 1.19 bits per heavy atom. The maximum atomic E-state index is 5.18. The summed E-state index contributed by atoms with van der Waals surface area (Å²) in [6, 6.07) is 2.10. The summed E-state index contributed by atoms with van der Waals surface area (Å²) >= 11 is 0. The summed E-state index contributed by atoms with van der Waals surface area (Å²) in [7, 11) is 0. The second-order valence-electron chi connectivity index (χ2n) is 10.3. The standard InChI is InChI=1S/C25H40O/c1-19(8-6-9-21-14-17-26-18-21)13-16-25(5)20(2)11-12-22-23(25)10-7-15-24(22,3)4/h10,14,17-20,22H,6-9,11-13,15-16H2,1-5H3. The molecule has 0 bridgehead atoms. The van der Waals surface area contributed by atoms with Crippen molar-refractivity contribution in [1.82, 2.24) is 0 Å². The molecule has 0 N–H and O–H groups in total. The topological polar surface area (TPSA) is 13.1 Å². The lowest BCUT2D eigenvalue weighted by Crippen LogP contribution is -2.43. The maximum Gasteiger partial charge on any atom is 0.0934 e. The molecule has 0 saturated heterocycles. The highest BCUT2D eigenvalue weighted by Gasteiger charge is 2.47. The molecule has 3 rings (SSSR count). The van der Waals surface area contributed by atoms with E-state index in [2.05, 4.69) is 46.8 Å². The molecule has 1 heteroatoms. The molecule has 2 aliphatic carbocycles. The highest BCUT2D eigenvalue weighted by molar-refractivity contribution is 5.25. The van der Waals surface area contributed by atoms with Gasteiger partial charge in [-0.3, -0.25) is 0 Å². The second-order valence-corrected chi connectivity index (χ2v) is 10.3. The predicted octanol–water partition coefficient (Wildman–Crippen LogP) is 7.82. The number of rotatable bonds is 7. The Balaban J connectivity index is 1.57. The molecule has 0 aliphatic heterocycles. The van der Waals surface area contributed by atoms with E-state index in [1.165, 1.54) is 56.9 Å². The van der Waals surface area contributed by atoms with Crippen molar-refractivity contribution in [2.24, 2.45) is 28.6 Å². The lowest BCUT2D eigenvalue weighted by atomic mass is 9.52. The first-order valence-corrected chi connectivity index (χ1v) is 11.0. The first-order chi connectivity index (χ1) is 12.3. The van der Waals surface area contributed by atoms with E-state index >= 15 is 0 Å². The van der Waals surface area contributed by atoms with Crippen LogP contribution in [0.1, 0.15) is 91.5 Å². The lowest BCUT2D eigenvalue weighted by molar-refractivity contribution is 0.0764. The zero-order chi connectivity index (χ0) is 18.8. The van der Waals surface area contributed by atoms with E-state index in [1.54, 1.807) is 6.26 Å². The highest BCUT2D eigenvalue weighted by atomic mass is 16.3. The average molecular weight is 357 g/mol. The monoisotopic (exact) mass is 356 g/mol. The van der Waals surface area contributed by atoms with Crippen LogP contribution in [-0.2, 0) is 6.42 Å². The molecular weight excluding hydrogens is 316 g/mol. The van der Waals surface area contributed by atoms with Gasteiger partial charge >= 0.3 is 0 Å². The molecule has 0 amide bonds. The Kier molecular flexibility index (Phi) is 6.04. The second kappa shape index (κ2) is 7.95. The van der Waals surface area contributed by atoms with Crippen LogP contribution < -0.4 is 0 Å². The van der Waals surface area contributed by atoms with E-state index in [4.69, 9.17) is 4.42 Å². The molecule has 2 aliphatic rings. The van der Waals surface area contributed by atoms with E-state index < -0.39 is 0 Å². The highest BCUT2D eigenvalue weighted by Crippen LogP contribution is 2.58. The molecule has 1 heterocycles. The lowest BCUT2D eigenvalue weighted by Gasteiger charge is -2.53. The normalized spacial score (nSPS) is 32.0. The molecule has 26 heavy (non-hydrogen) atoms. The molecule has 0 spiro atoms. The summed E-state index contributed by atoms with van der Waals surface area (Å²) in [4.78, 5) is 0. The van der Waals surface area contributed by atoms with Gasteiger partial charge in [0.15, 0.2) is 0 Å². The third kappa shape index (κ3) is 4.12. The van der Waals surface area contributed by atoms with Crippen LogP contribution in [0.25, 0.3) is 0 Å². The molecule has 146 valence electrons. The number of allylic oxidation sites excluding steroid dienone is 2. The summed E-state index contributed by atoms with van der Waals surface area (Å²) in [5, 5.41) is 0. The van der Waals surface area contributed by atoms with Crippen molar-refractivity contribution < 1.29 is 4.42 Å². The van der Waals surface area contributed by atoms with Gasteiger partial charge in [0.05, 0.1) is 12.5 Å². The van der Waals surface area contributed by atoms with Crippen molar-refractivity contribution in [2.75, 3.05) is 0 Å². The van der Waals surface area contributed by atoms with Gasteiger partial charge < -0.3 is 4.42 Å². The average Bonchev–Trinajstić information content (AvgIpc) is 3.10. The fourth-order valence-corrected chi connectivity index (χ4v) is 5.71. The minimum atomic E-state index is 0.430. The number of aryl methyl sites for hydroxylation is 1. The molecule has 4 unspecified atom stereocenters. The zero-order valence-corrected chi connectivity index (χ0v) is 17.8. The molecule has 1 nitrogen and oxygen atoms in total. The van der Waals surface area contributed by atoms with Crippen LogP contribution in [0.4, 0.5) is 0 Å². The van der Waals surface area contributed by atoms with Gasteiger partial charge in [0.1, 0.15) is 0 Å². The first-order valence-electron chi connectivity index (χ1n) is 11.0. The number of hydrogen-bond acceptors (Lipinski definition) is 1. The minimum absolute atomic E-state index is 0.430. The van der Waals surface area contributed by atoms with Crippen LogP contribution in [0.15, 0.2) is 34.7 Å². The fraction of sp³-hybridized carbons (Fsp3) is 0.760. The fourth-order valence-electron chi connectivity index (χ4n) is 5.71. The Labute approximate surface area is 161 Å². The van der Waals surface area contributed by atoms with E-state index in [-0.39, 0.29) is 0 Å². The molecule has 1 fully saturated rings. The van der Waals surface area contributed by atoms with Crippen LogP contribution in [0.3, 0.4) is 0 Å². The van der Waals surface area contributed by atoms with Crippen molar-refractivity contribution in [2.45, 2.75) is 92.4 Å². The third-order valence-corrected chi connectivity index (χ3v) is 8.01. The largest absolute Gasteiger partial charge is 0.472 e. The van der Waals surface area contributed by atoms with Gasteiger partial charge in [-0.15, -0.1) is 0 Å². The number of furan rings is 1. The zero-order valence-electron chi connectivity index (χ0n) is 17.8. The molecule has 1 aromatic heterocycles. The van der Waals surface area contributed by atoms with Gasteiger partial charge in [0.25, 0.3) is 0 Å². The summed E-state index contributed by atoms with van der Waals surface area (Å²) < 4.78 is 5.18.